The van der Waals surface area contributed by atoms with Crippen molar-refractivity contribution in [3.05, 3.63) is 88.6 Å². The van der Waals surface area contributed by atoms with Gasteiger partial charge in [0.05, 0.1) is 10.8 Å². The van der Waals surface area contributed by atoms with E-state index in [4.69, 9.17) is 4.74 Å². The van der Waals surface area contributed by atoms with Crippen molar-refractivity contribution >= 4 is 41.2 Å². The van der Waals surface area contributed by atoms with Crippen LogP contribution in [0, 0.1) is 5.41 Å². The molecule has 3 aromatic rings. The molecule has 12 heteroatoms. The molecular formula is C42H50N6O6. The Morgan fingerprint density at radius 1 is 0.963 bits per heavy atom. The van der Waals surface area contributed by atoms with E-state index < -0.39 is 22.5 Å². The highest BCUT2D eigenvalue weighted by Crippen LogP contribution is 2.48. The van der Waals surface area contributed by atoms with Crippen LogP contribution in [0.15, 0.2) is 60.8 Å². The number of amides is 5. The third-order valence-corrected chi connectivity index (χ3v) is 11.6. The number of carbonyl (C=O) groups is 5. The first-order valence-electron chi connectivity index (χ1n) is 18.8. The molecule has 2 bridgehead atoms. The number of fused-ring (bicyclic) bond motifs is 5. The summed E-state index contributed by atoms with van der Waals surface area (Å²) in [5.41, 5.74) is 3.01. The number of nitrogens with zero attached hydrogens (tertiary/aromatic N) is 4. The Balaban J connectivity index is 1.12. The molecule has 4 aliphatic rings. The topological polar surface area (TPSA) is 141 Å². The Morgan fingerprint density at radius 3 is 2.30 bits per heavy atom. The molecule has 0 radical (unpaired) electrons. The van der Waals surface area contributed by atoms with Crippen LogP contribution in [-0.2, 0) is 55.3 Å². The Labute approximate surface area is 316 Å². The van der Waals surface area contributed by atoms with Crippen LogP contribution in [0.4, 0.5) is 16.3 Å². The standard InChI is InChI=1S/C42H50N6O6/c1-26(49)48-32-15-16-33(48)22-41(5,21-32)38(52)47(24-29-11-8-7-10-28(29)23-46(6)39(53)54-40(2,3)4)25-35(50)44-31-14-13-27-19-42(20-30(27)18-31)34-12-9-17-43-36(34)45-37(42)51/h7-14,17-18,32-33H,15-16,19-25H2,1-6H3,(H,44,50)(H,43,45,51)/t32?,33?,41?,42-/m1/s1. The molecule has 1 spiro atoms. The van der Waals surface area contributed by atoms with E-state index in [0.29, 0.717) is 37.2 Å². The van der Waals surface area contributed by atoms with Crippen molar-refractivity contribution in [3.8, 4) is 0 Å². The molecule has 7 rings (SSSR count). The number of hydrogen-bond donors (Lipinski definition) is 2. The molecule has 3 atom stereocenters. The van der Waals surface area contributed by atoms with E-state index in [0.717, 1.165) is 40.7 Å². The zero-order valence-electron chi connectivity index (χ0n) is 32.0. The van der Waals surface area contributed by atoms with Crippen LogP contribution in [0.2, 0.25) is 0 Å². The second kappa shape index (κ2) is 13.9. The third-order valence-electron chi connectivity index (χ3n) is 11.6. The van der Waals surface area contributed by atoms with Gasteiger partial charge in [0.25, 0.3) is 0 Å². The second-order valence-electron chi connectivity index (χ2n) is 16.9. The maximum atomic E-state index is 14.7. The number of rotatable bonds is 8. The van der Waals surface area contributed by atoms with Crippen molar-refractivity contribution in [3.63, 3.8) is 0 Å². The van der Waals surface area contributed by atoms with Crippen LogP contribution >= 0.6 is 0 Å². The van der Waals surface area contributed by atoms with Crippen molar-refractivity contribution in [2.45, 2.75) is 109 Å². The Hall–Kier alpha value is -5.26. The SMILES string of the molecule is CC(=O)N1C2CCC1CC(C)(C(=O)N(CC(=O)Nc1ccc3c(c1)C[C@@]1(C3)C(=O)Nc3ncccc31)Cc1ccccc1CN(C)C(=O)OC(C)(C)C)C2. The number of benzene rings is 2. The van der Waals surface area contributed by atoms with E-state index in [-0.39, 0.29) is 55.3 Å². The number of carbonyl (C=O) groups excluding carboxylic acids is 5. The fraction of sp³-hybridized carbons (Fsp3) is 0.476. The highest BCUT2D eigenvalue weighted by atomic mass is 16.6. The van der Waals surface area contributed by atoms with Gasteiger partial charge in [0.15, 0.2) is 0 Å². The first-order chi connectivity index (χ1) is 25.5. The molecule has 5 amide bonds. The van der Waals surface area contributed by atoms with Crippen molar-refractivity contribution < 1.29 is 28.7 Å². The van der Waals surface area contributed by atoms with Crippen molar-refractivity contribution in [1.29, 1.82) is 0 Å². The lowest BCUT2D eigenvalue weighted by molar-refractivity contribution is -0.151. The van der Waals surface area contributed by atoms with Gasteiger partial charge in [0.2, 0.25) is 23.6 Å². The van der Waals surface area contributed by atoms with Crippen LogP contribution < -0.4 is 10.6 Å². The lowest BCUT2D eigenvalue weighted by Crippen LogP contribution is -2.55. The zero-order valence-corrected chi connectivity index (χ0v) is 32.0. The Morgan fingerprint density at radius 2 is 1.63 bits per heavy atom. The molecule has 1 aromatic heterocycles. The van der Waals surface area contributed by atoms with Gasteiger partial charge in [-0.25, -0.2) is 9.78 Å². The molecule has 2 saturated heterocycles. The number of ether oxygens (including phenoxy) is 1. The van der Waals surface area contributed by atoms with Crippen LogP contribution in [0.5, 0.6) is 0 Å². The molecule has 12 nitrogen and oxygen atoms in total. The van der Waals surface area contributed by atoms with E-state index >= 15 is 0 Å². The lowest BCUT2D eigenvalue weighted by Gasteiger charge is -2.45. The van der Waals surface area contributed by atoms with E-state index in [2.05, 4.69) is 15.6 Å². The van der Waals surface area contributed by atoms with E-state index in [1.54, 1.807) is 25.1 Å². The third kappa shape index (κ3) is 7.05. The maximum Gasteiger partial charge on any atom is 0.410 e. The van der Waals surface area contributed by atoms with Crippen molar-refractivity contribution in [2.24, 2.45) is 5.41 Å². The van der Waals surface area contributed by atoms with E-state index in [1.807, 2.05) is 87.2 Å². The average molecular weight is 735 g/mol. The highest BCUT2D eigenvalue weighted by Gasteiger charge is 2.52. The summed E-state index contributed by atoms with van der Waals surface area (Å²) in [4.78, 5) is 76.7. The van der Waals surface area contributed by atoms with Crippen LogP contribution in [0.3, 0.4) is 0 Å². The summed E-state index contributed by atoms with van der Waals surface area (Å²) in [6, 6.07) is 17.1. The summed E-state index contributed by atoms with van der Waals surface area (Å²) in [6.07, 6.45) is 5.03. The summed E-state index contributed by atoms with van der Waals surface area (Å²) in [5, 5.41) is 5.97. The number of aromatic nitrogens is 1. The molecule has 4 heterocycles. The first kappa shape index (κ1) is 37.1. The lowest BCUT2D eigenvalue weighted by atomic mass is 9.75. The van der Waals surface area contributed by atoms with E-state index in [9.17, 15) is 24.0 Å². The van der Waals surface area contributed by atoms with Crippen molar-refractivity contribution in [1.82, 2.24) is 19.7 Å². The van der Waals surface area contributed by atoms with Crippen molar-refractivity contribution in [2.75, 3.05) is 24.2 Å². The maximum absolute atomic E-state index is 14.7. The number of pyridine rings is 1. The first-order valence-corrected chi connectivity index (χ1v) is 18.8. The predicted octanol–water partition coefficient (Wildman–Crippen LogP) is 5.58. The van der Waals surface area contributed by atoms with Gasteiger partial charge in [0, 0.05) is 56.6 Å². The number of nitrogens with one attached hydrogen (secondary N) is 2. The minimum atomic E-state index is -0.769. The smallest absolute Gasteiger partial charge is 0.410 e. The number of anilines is 2. The van der Waals surface area contributed by atoms with Gasteiger partial charge in [-0.3, -0.25) is 19.2 Å². The minimum Gasteiger partial charge on any atom is -0.444 e. The monoisotopic (exact) mass is 734 g/mol. The zero-order chi connectivity index (χ0) is 38.6. The van der Waals surface area contributed by atoms with Gasteiger partial charge >= 0.3 is 6.09 Å². The molecule has 3 aliphatic heterocycles. The highest BCUT2D eigenvalue weighted by molar-refractivity contribution is 6.06. The van der Waals surface area contributed by atoms with Gasteiger partial charge in [0.1, 0.15) is 18.0 Å². The Bertz CT molecular complexity index is 2010. The van der Waals surface area contributed by atoms with E-state index in [1.165, 1.54) is 4.90 Å². The number of hydrogen-bond acceptors (Lipinski definition) is 7. The minimum absolute atomic E-state index is 0.0138. The summed E-state index contributed by atoms with van der Waals surface area (Å²) in [5.74, 6) is 0.0794. The fourth-order valence-corrected chi connectivity index (χ4v) is 9.21. The summed E-state index contributed by atoms with van der Waals surface area (Å²) >= 11 is 0. The summed E-state index contributed by atoms with van der Waals surface area (Å²) in [6.45, 7) is 9.23. The van der Waals surface area contributed by atoms with Crippen LogP contribution in [0.1, 0.15) is 88.1 Å². The van der Waals surface area contributed by atoms with Gasteiger partial charge in [-0.1, -0.05) is 43.3 Å². The van der Waals surface area contributed by atoms with Gasteiger partial charge in [-0.15, -0.1) is 0 Å². The van der Waals surface area contributed by atoms with Gasteiger partial charge in [-0.2, -0.15) is 0 Å². The summed E-state index contributed by atoms with van der Waals surface area (Å²) < 4.78 is 5.58. The molecule has 2 unspecified atom stereocenters. The largest absolute Gasteiger partial charge is 0.444 e. The average Bonchev–Trinajstić information content (AvgIpc) is 3.72. The molecule has 2 fully saturated rings. The van der Waals surface area contributed by atoms with Gasteiger partial charge in [-0.05, 0) is 99.7 Å². The Kier molecular flexibility index (Phi) is 9.52. The second-order valence-corrected chi connectivity index (χ2v) is 16.9. The summed E-state index contributed by atoms with van der Waals surface area (Å²) in [7, 11) is 1.67. The molecule has 54 heavy (non-hydrogen) atoms. The quantitative estimate of drug-likeness (QED) is 0.308. The molecule has 2 aromatic carbocycles. The molecule has 0 saturated carbocycles. The molecule has 2 N–H and O–H groups in total. The number of piperidine rings is 1. The normalized spacial score (nSPS) is 23.7. The molecule has 284 valence electrons. The van der Waals surface area contributed by atoms with Gasteiger partial charge < -0.3 is 30.1 Å². The van der Waals surface area contributed by atoms with Crippen LogP contribution in [0.25, 0.3) is 0 Å². The fourth-order valence-electron chi connectivity index (χ4n) is 9.21. The molecule has 1 aliphatic carbocycles. The predicted molar refractivity (Wildman–Crippen MR) is 203 cm³/mol. The molecular weight excluding hydrogens is 684 g/mol. The van der Waals surface area contributed by atoms with Crippen LogP contribution in [-0.4, -0.2) is 80.7 Å².